The second kappa shape index (κ2) is 7.42. The molecule has 1 aromatic rings. The van der Waals surface area contributed by atoms with Gasteiger partial charge in [0.05, 0.1) is 12.7 Å². The molecule has 136 valence electrons. The number of ether oxygens (including phenoxy) is 1. The normalized spacial score (nSPS) is 17.8. The first-order valence-electron chi connectivity index (χ1n) is 8.87. The molecule has 1 fully saturated rings. The summed E-state index contributed by atoms with van der Waals surface area (Å²) in [5, 5.41) is 10.1. The van der Waals surface area contributed by atoms with E-state index in [1.54, 1.807) is 7.11 Å². The first kappa shape index (κ1) is 19.2. The van der Waals surface area contributed by atoms with Gasteiger partial charge in [-0.05, 0) is 67.9 Å². The summed E-state index contributed by atoms with van der Waals surface area (Å²) in [6.45, 7) is 10.0. The number of hydrogen-bond donors (Lipinski definition) is 1. The maximum atomic E-state index is 12.6. The van der Waals surface area contributed by atoms with Crippen LogP contribution in [-0.4, -0.2) is 23.8 Å². The van der Waals surface area contributed by atoms with Gasteiger partial charge in [-0.1, -0.05) is 6.92 Å². The second-order valence-corrected chi connectivity index (χ2v) is 6.97. The number of rotatable bonds is 4. The highest BCUT2D eigenvalue weighted by molar-refractivity contribution is 6.22. The van der Waals surface area contributed by atoms with Gasteiger partial charge in [-0.15, -0.1) is 0 Å². The number of methoxy groups -OCH3 is 1. The Morgan fingerprint density at radius 3 is 2.04 bits per heavy atom. The van der Waals surface area contributed by atoms with Gasteiger partial charge in [0.1, 0.15) is 11.5 Å². The number of hydrogen-bond acceptors (Lipinski definition) is 4. The van der Waals surface area contributed by atoms with Crippen molar-refractivity contribution in [3.8, 4) is 5.75 Å². The van der Waals surface area contributed by atoms with Crippen molar-refractivity contribution in [1.82, 2.24) is 0 Å². The molecule has 0 heterocycles. The van der Waals surface area contributed by atoms with Crippen molar-refractivity contribution < 1.29 is 19.4 Å². The zero-order valence-electron chi connectivity index (χ0n) is 16.1. The van der Waals surface area contributed by atoms with Crippen LogP contribution >= 0.6 is 0 Å². The monoisotopic (exact) mass is 344 g/mol. The first-order chi connectivity index (χ1) is 11.7. The lowest BCUT2D eigenvalue weighted by Crippen LogP contribution is -2.27. The highest BCUT2D eigenvalue weighted by Crippen LogP contribution is 2.41. The van der Waals surface area contributed by atoms with Crippen LogP contribution in [0.1, 0.15) is 66.3 Å². The molecule has 0 radical (unpaired) electrons. The lowest BCUT2D eigenvalue weighted by molar-refractivity contribution is -0.124. The summed E-state index contributed by atoms with van der Waals surface area (Å²) in [6.07, 6.45) is 1.57. The Hall–Kier alpha value is -2.10. The molecule has 0 bridgehead atoms. The molecule has 0 amide bonds. The Bertz CT molecular complexity index is 736. The van der Waals surface area contributed by atoms with Crippen LogP contribution in [0.4, 0.5) is 0 Å². The third-order valence-electron chi connectivity index (χ3n) is 5.42. The van der Waals surface area contributed by atoms with Crippen molar-refractivity contribution >= 4 is 11.6 Å². The molecular formula is C21H28O4. The van der Waals surface area contributed by atoms with E-state index in [4.69, 9.17) is 4.74 Å². The van der Waals surface area contributed by atoms with Crippen LogP contribution in [0.2, 0.25) is 0 Å². The van der Waals surface area contributed by atoms with Crippen LogP contribution < -0.4 is 4.74 Å². The molecule has 0 unspecified atom stereocenters. The molecule has 0 spiro atoms. The Labute approximate surface area is 149 Å². The van der Waals surface area contributed by atoms with E-state index in [-0.39, 0.29) is 41.7 Å². The number of aliphatic hydroxyl groups excluding tert-OH is 1. The molecule has 4 heteroatoms. The average molecular weight is 344 g/mol. The van der Waals surface area contributed by atoms with Gasteiger partial charge in [-0.3, -0.25) is 9.59 Å². The fraction of sp³-hybridized carbons (Fsp3) is 0.524. The standard InChI is InChI=1S/C21H28O4/c1-7-8-16(22)20-17(23)9-15(10-18(20)24)19-12(3)11(2)13(4)21(25-6)14(19)5/h15,22H,7-10H2,1-6H3. The van der Waals surface area contributed by atoms with Crippen molar-refractivity contribution in [2.24, 2.45) is 0 Å². The van der Waals surface area contributed by atoms with E-state index in [1.807, 2.05) is 34.6 Å². The summed E-state index contributed by atoms with van der Waals surface area (Å²) in [6, 6.07) is 0. The van der Waals surface area contributed by atoms with Gasteiger partial charge in [0.15, 0.2) is 11.6 Å². The highest BCUT2D eigenvalue weighted by Gasteiger charge is 2.35. The van der Waals surface area contributed by atoms with E-state index >= 15 is 0 Å². The minimum Gasteiger partial charge on any atom is -0.511 e. The van der Waals surface area contributed by atoms with Gasteiger partial charge in [-0.2, -0.15) is 0 Å². The first-order valence-corrected chi connectivity index (χ1v) is 8.87. The fourth-order valence-corrected chi connectivity index (χ4v) is 4.02. The van der Waals surface area contributed by atoms with Crippen LogP contribution in [0, 0.1) is 27.7 Å². The zero-order valence-corrected chi connectivity index (χ0v) is 16.1. The fourth-order valence-electron chi connectivity index (χ4n) is 4.02. The number of allylic oxidation sites excluding steroid dienone is 2. The number of carbonyl (C=O) groups excluding carboxylic acids is 2. The maximum Gasteiger partial charge on any atom is 0.170 e. The summed E-state index contributed by atoms with van der Waals surface area (Å²) >= 11 is 0. The minimum atomic E-state index is -0.247. The summed E-state index contributed by atoms with van der Waals surface area (Å²) in [7, 11) is 1.65. The molecule has 1 aliphatic rings. The van der Waals surface area contributed by atoms with Crippen molar-refractivity contribution in [1.29, 1.82) is 0 Å². The van der Waals surface area contributed by atoms with E-state index in [1.165, 1.54) is 0 Å². The van der Waals surface area contributed by atoms with E-state index < -0.39 is 0 Å². The number of ketones is 2. The van der Waals surface area contributed by atoms with Gasteiger partial charge in [0, 0.05) is 19.3 Å². The molecule has 0 saturated heterocycles. The predicted octanol–water partition coefficient (Wildman–Crippen LogP) is 4.56. The Balaban J connectivity index is 2.50. The van der Waals surface area contributed by atoms with E-state index in [9.17, 15) is 14.7 Å². The largest absolute Gasteiger partial charge is 0.511 e. The topological polar surface area (TPSA) is 63.6 Å². The second-order valence-electron chi connectivity index (χ2n) is 6.97. The molecule has 2 rings (SSSR count). The van der Waals surface area contributed by atoms with E-state index in [0.717, 1.165) is 33.6 Å². The molecule has 0 aromatic heterocycles. The summed E-state index contributed by atoms with van der Waals surface area (Å²) < 4.78 is 5.57. The molecule has 25 heavy (non-hydrogen) atoms. The van der Waals surface area contributed by atoms with Gasteiger partial charge in [0.2, 0.25) is 0 Å². The zero-order chi connectivity index (χ0) is 18.9. The van der Waals surface area contributed by atoms with Gasteiger partial charge in [0.25, 0.3) is 0 Å². The average Bonchev–Trinajstić information content (AvgIpc) is 2.53. The minimum absolute atomic E-state index is 0.0178. The number of Topliss-reactive ketones (excluding diaryl/α,β-unsaturated/α-hetero) is 2. The number of benzene rings is 1. The van der Waals surface area contributed by atoms with Crippen LogP contribution in [-0.2, 0) is 9.59 Å². The third kappa shape index (κ3) is 3.35. The van der Waals surface area contributed by atoms with Crippen LogP contribution in [0.15, 0.2) is 11.3 Å². The Kier molecular flexibility index (Phi) is 5.71. The molecule has 0 atom stereocenters. The Morgan fingerprint density at radius 2 is 1.56 bits per heavy atom. The van der Waals surface area contributed by atoms with Gasteiger partial charge in [-0.25, -0.2) is 0 Å². The molecular weight excluding hydrogens is 316 g/mol. The SMILES string of the molecule is CCCC(O)=C1C(=O)CC(c2c(C)c(C)c(C)c(OC)c2C)CC1=O. The molecule has 4 nitrogen and oxygen atoms in total. The van der Waals surface area contributed by atoms with Crippen molar-refractivity contribution in [3.63, 3.8) is 0 Å². The molecule has 1 aliphatic carbocycles. The maximum absolute atomic E-state index is 12.6. The lowest BCUT2D eigenvalue weighted by atomic mass is 9.75. The van der Waals surface area contributed by atoms with Crippen molar-refractivity contribution in [2.45, 2.75) is 66.2 Å². The van der Waals surface area contributed by atoms with E-state index in [2.05, 4.69) is 0 Å². The quantitative estimate of drug-likeness (QED) is 0.494. The predicted molar refractivity (Wildman–Crippen MR) is 98.5 cm³/mol. The molecule has 1 N–H and O–H groups in total. The summed E-state index contributed by atoms with van der Waals surface area (Å²) in [4.78, 5) is 25.1. The van der Waals surface area contributed by atoms with Crippen LogP contribution in [0.3, 0.4) is 0 Å². The van der Waals surface area contributed by atoms with Crippen LogP contribution in [0.25, 0.3) is 0 Å². The number of carbonyl (C=O) groups is 2. The van der Waals surface area contributed by atoms with Gasteiger partial charge < -0.3 is 9.84 Å². The van der Waals surface area contributed by atoms with Gasteiger partial charge >= 0.3 is 0 Å². The Morgan fingerprint density at radius 1 is 1.00 bits per heavy atom. The molecule has 0 aliphatic heterocycles. The van der Waals surface area contributed by atoms with Crippen molar-refractivity contribution in [3.05, 3.63) is 39.1 Å². The molecule has 1 saturated carbocycles. The van der Waals surface area contributed by atoms with E-state index in [0.29, 0.717) is 12.8 Å². The van der Waals surface area contributed by atoms with Crippen LogP contribution in [0.5, 0.6) is 5.75 Å². The summed E-state index contributed by atoms with van der Waals surface area (Å²) in [5.41, 5.74) is 5.40. The lowest BCUT2D eigenvalue weighted by Gasteiger charge is -2.28. The highest BCUT2D eigenvalue weighted by atomic mass is 16.5. The third-order valence-corrected chi connectivity index (χ3v) is 5.42. The van der Waals surface area contributed by atoms with Crippen molar-refractivity contribution in [2.75, 3.05) is 7.11 Å². The molecule has 1 aromatic carbocycles. The number of aliphatic hydroxyl groups is 1. The smallest absolute Gasteiger partial charge is 0.170 e. The summed E-state index contributed by atoms with van der Waals surface area (Å²) in [5.74, 6) is 0.119.